The number of ether oxygens (including phenoxy) is 2. The predicted molar refractivity (Wildman–Crippen MR) is 53.1 cm³/mol. The van der Waals surface area contributed by atoms with Crippen LogP contribution >= 0.6 is 0 Å². The minimum Gasteiger partial charge on any atom is -0.481 e. The highest BCUT2D eigenvalue weighted by molar-refractivity contribution is 5.70. The Morgan fingerprint density at radius 2 is 2.18 bits per heavy atom. The van der Waals surface area contributed by atoms with E-state index in [9.17, 15) is 13.6 Å². The lowest BCUT2D eigenvalue weighted by Crippen LogP contribution is -2.26. The molecule has 0 saturated heterocycles. The molecule has 2 rings (SSSR count). The van der Waals surface area contributed by atoms with Crippen molar-refractivity contribution < 1.29 is 28.2 Å². The first kappa shape index (κ1) is 11.6. The summed E-state index contributed by atoms with van der Waals surface area (Å²) < 4.78 is 34.3. The molecular formula is C11H10F2O4. The maximum absolute atomic E-state index is 12.9. The van der Waals surface area contributed by atoms with Gasteiger partial charge in [-0.05, 0) is 18.1 Å². The van der Waals surface area contributed by atoms with Gasteiger partial charge in [0.2, 0.25) is 0 Å². The number of carboxylic acid groups (broad SMARTS) is 1. The van der Waals surface area contributed by atoms with Crippen LogP contribution in [0.2, 0.25) is 0 Å². The van der Waals surface area contributed by atoms with Gasteiger partial charge in [-0.2, -0.15) is 0 Å². The molecule has 17 heavy (non-hydrogen) atoms. The average Bonchev–Trinajstić information content (AvgIpc) is 2.53. The smallest absolute Gasteiger partial charge is 0.481 e. The third-order valence-corrected chi connectivity index (χ3v) is 2.46. The molecule has 1 aromatic rings. The van der Waals surface area contributed by atoms with Gasteiger partial charge in [0.25, 0.3) is 0 Å². The number of hydrogen-bond acceptors (Lipinski definition) is 3. The molecule has 1 N–H and O–H groups in total. The standard InChI is InChI=1S/C11H10F2O4/c1-6(10(14)15)5-7-3-2-4-8-9(7)17-11(12,13)16-8/h2-4,6H,5H2,1H3,(H,14,15). The molecule has 0 aromatic heterocycles. The zero-order chi connectivity index (χ0) is 12.6. The van der Waals surface area contributed by atoms with E-state index >= 15 is 0 Å². The molecule has 1 unspecified atom stereocenters. The first-order valence-electron chi connectivity index (χ1n) is 4.99. The summed E-state index contributed by atoms with van der Waals surface area (Å²) in [5, 5.41) is 8.77. The molecule has 0 amide bonds. The van der Waals surface area contributed by atoms with E-state index < -0.39 is 18.2 Å². The zero-order valence-electron chi connectivity index (χ0n) is 8.94. The average molecular weight is 244 g/mol. The molecule has 0 fully saturated rings. The summed E-state index contributed by atoms with van der Waals surface area (Å²) in [7, 11) is 0. The van der Waals surface area contributed by atoms with Crippen molar-refractivity contribution in [3.8, 4) is 11.5 Å². The monoisotopic (exact) mass is 244 g/mol. The van der Waals surface area contributed by atoms with Crippen molar-refractivity contribution in [1.29, 1.82) is 0 Å². The van der Waals surface area contributed by atoms with Gasteiger partial charge in [0, 0.05) is 0 Å². The van der Waals surface area contributed by atoms with Crippen LogP contribution in [-0.2, 0) is 11.2 Å². The van der Waals surface area contributed by atoms with Crippen molar-refractivity contribution in [2.75, 3.05) is 0 Å². The highest BCUT2D eigenvalue weighted by atomic mass is 19.3. The Hall–Kier alpha value is -1.85. The van der Waals surface area contributed by atoms with E-state index in [1.54, 1.807) is 6.07 Å². The number of carboxylic acids is 1. The number of aliphatic carboxylic acids is 1. The van der Waals surface area contributed by atoms with Gasteiger partial charge >= 0.3 is 12.3 Å². The van der Waals surface area contributed by atoms with Crippen molar-refractivity contribution in [1.82, 2.24) is 0 Å². The second-order valence-corrected chi connectivity index (χ2v) is 3.86. The minimum absolute atomic E-state index is 0.0647. The van der Waals surface area contributed by atoms with Crippen molar-refractivity contribution in [3.63, 3.8) is 0 Å². The lowest BCUT2D eigenvalue weighted by Gasteiger charge is -2.09. The molecule has 4 nitrogen and oxygen atoms in total. The number of benzene rings is 1. The van der Waals surface area contributed by atoms with Crippen molar-refractivity contribution >= 4 is 5.97 Å². The van der Waals surface area contributed by atoms with Crippen molar-refractivity contribution in [2.24, 2.45) is 5.92 Å². The number of fused-ring (bicyclic) bond motifs is 1. The third-order valence-electron chi connectivity index (χ3n) is 2.46. The second kappa shape index (κ2) is 3.87. The molecule has 0 aliphatic carbocycles. The van der Waals surface area contributed by atoms with E-state index in [1.165, 1.54) is 19.1 Å². The number of hydrogen-bond donors (Lipinski definition) is 1. The fourth-order valence-corrected chi connectivity index (χ4v) is 1.60. The van der Waals surface area contributed by atoms with Crippen LogP contribution in [-0.4, -0.2) is 17.4 Å². The summed E-state index contributed by atoms with van der Waals surface area (Å²) in [6.45, 7) is 1.50. The van der Waals surface area contributed by atoms with E-state index in [4.69, 9.17) is 5.11 Å². The fourth-order valence-electron chi connectivity index (χ4n) is 1.60. The lowest BCUT2D eigenvalue weighted by atomic mass is 10.0. The number of carbonyl (C=O) groups is 1. The van der Waals surface area contributed by atoms with Crippen molar-refractivity contribution in [3.05, 3.63) is 23.8 Å². The summed E-state index contributed by atoms with van der Waals surface area (Å²) in [5.74, 6) is -1.82. The zero-order valence-corrected chi connectivity index (χ0v) is 8.94. The summed E-state index contributed by atoms with van der Waals surface area (Å²) in [6.07, 6.45) is -3.57. The van der Waals surface area contributed by atoms with E-state index in [0.717, 1.165) is 0 Å². The van der Waals surface area contributed by atoms with E-state index in [0.29, 0.717) is 5.56 Å². The van der Waals surface area contributed by atoms with Crippen molar-refractivity contribution in [2.45, 2.75) is 19.6 Å². The summed E-state index contributed by atoms with van der Waals surface area (Å²) >= 11 is 0. The van der Waals surface area contributed by atoms with Gasteiger partial charge in [0.15, 0.2) is 11.5 Å². The first-order valence-corrected chi connectivity index (χ1v) is 4.99. The Morgan fingerprint density at radius 1 is 1.47 bits per heavy atom. The van der Waals surface area contributed by atoms with Gasteiger partial charge in [-0.3, -0.25) is 4.79 Å². The van der Waals surface area contributed by atoms with Crippen LogP contribution in [0.4, 0.5) is 8.78 Å². The largest absolute Gasteiger partial charge is 0.586 e. The molecule has 1 heterocycles. The number of rotatable bonds is 3. The Kier molecular flexibility index (Phi) is 2.65. The van der Waals surface area contributed by atoms with Gasteiger partial charge < -0.3 is 14.6 Å². The van der Waals surface area contributed by atoms with Gasteiger partial charge in [-0.25, -0.2) is 0 Å². The number of para-hydroxylation sites is 1. The maximum Gasteiger partial charge on any atom is 0.586 e. The van der Waals surface area contributed by atoms with E-state index in [2.05, 4.69) is 9.47 Å². The molecule has 1 aliphatic rings. The molecule has 1 atom stereocenters. The molecule has 1 aliphatic heterocycles. The molecular weight excluding hydrogens is 234 g/mol. The highest BCUT2D eigenvalue weighted by Crippen LogP contribution is 2.43. The normalized spacial score (nSPS) is 17.8. The Morgan fingerprint density at radius 3 is 2.82 bits per heavy atom. The van der Waals surface area contributed by atoms with E-state index in [-0.39, 0.29) is 17.9 Å². The molecule has 6 heteroatoms. The Balaban J connectivity index is 2.27. The first-order chi connectivity index (χ1) is 7.89. The van der Waals surface area contributed by atoms with Crippen LogP contribution < -0.4 is 9.47 Å². The third kappa shape index (κ3) is 2.30. The molecule has 0 bridgehead atoms. The van der Waals surface area contributed by atoms with Crippen LogP contribution in [0.1, 0.15) is 12.5 Å². The fraction of sp³-hybridized carbons (Fsp3) is 0.364. The maximum atomic E-state index is 12.9. The SMILES string of the molecule is CC(Cc1cccc2c1OC(F)(F)O2)C(=O)O. The van der Waals surface area contributed by atoms with E-state index in [1.807, 2.05) is 0 Å². The highest BCUT2D eigenvalue weighted by Gasteiger charge is 2.44. The summed E-state index contributed by atoms with van der Waals surface area (Å²) in [4.78, 5) is 10.7. The number of alkyl halides is 2. The lowest BCUT2D eigenvalue weighted by molar-refractivity contribution is -0.286. The topological polar surface area (TPSA) is 55.8 Å². The molecule has 0 saturated carbocycles. The Labute approximate surface area is 95.8 Å². The van der Waals surface area contributed by atoms with Crippen LogP contribution in [0.5, 0.6) is 11.5 Å². The summed E-state index contributed by atoms with van der Waals surface area (Å²) in [5.41, 5.74) is 0.398. The van der Waals surface area contributed by atoms with Gasteiger partial charge in [-0.1, -0.05) is 19.1 Å². The second-order valence-electron chi connectivity index (χ2n) is 3.86. The molecule has 1 aromatic carbocycles. The van der Waals surface area contributed by atoms with Gasteiger partial charge in [0.1, 0.15) is 0 Å². The van der Waals surface area contributed by atoms with Gasteiger partial charge in [0.05, 0.1) is 5.92 Å². The summed E-state index contributed by atoms with van der Waals surface area (Å²) in [6, 6.07) is 4.42. The van der Waals surface area contributed by atoms with Crippen LogP contribution in [0.15, 0.2) is 18.2 Å². The van der Waals surface area contributed by atoms with Crippen LogP contribution in [0.3, 0.4) is 0 Å². The Bertz CT molecular complexity index is 459. The predicted octanol–water partition coefficient (Wildman–Crippen LogP) is 2.27. The van der Waals surface area contributed by atoms with Crippen LogP contribution in [0, 0.1) is 5.92 Å². The quantitative estimate of drug-likeness (QED) is 0.886. The molecule has 0 spiro atoms. The number of halogens is 2. The molecule has 0 radical (unpaired) electrons. The van der Waals surface area contributed by atoms with Crippen LogP contribution in [0.25, 0.3) is 0 Å². The van der Waals surface area contributed by atoms with Gasteiger partial charge in [-0.15, -0.1) is 8.78 Å². The molecule has 92 valence electrons. The minimum atomic E-state index is -3.68.